The van der Waals surface area contributed by atoms with E-state index in [0.29, 0.717) is 12.5 Å². The highest BCUT2D eigenvalue weighted by Crippen LogP contribution is 2.25. The molecule has 1 aromatic heterocycles. The first-order chi connectivity index (χ1) is 9.27. The second-order valence-electron chi connectivity index (χ2n) is 4.85. The summed E-state index contributed by atoms with van der Waals surface area (Å²) in [5.41, 5.74) is 2.42. The summed E-state index contributed by atoms with van der Waals surface area (Å²) in [4.78, 5) is 0. The molecule has 0 unspecified atom stereocenters. The molecule has 2 aromatic rings. The van der Waals surface area contributed by atoms with Gasteiger partial charge in [-0.2, -0.15) is 0 Å². The molecular weight excluding hydrogens is 238 g/mol. The van der Waals surface area contributed by atoms with Gasteiger partial charge in [-0.05, 0) is 23.6 Å². The topological polar surface area (TPSA) is 34.4 Å². The number of benzene rings is 1. The Morgan fingerprint density at radius 1 is 1.21 bits per heavy atom. The molecule has 19 heavy (non-hydrogen) atoms. The Labute approximate surface area is 114 Å². The highest BCUT2D eigenvalue weighted by Gasteiger charge is 2.06. The van der Waals surface area contributed by atoms with Crippen LogP contribution in [0, 0.1) is 0 Å². The van der Waals surface area contributed by atoms with Gasteiger partial charge in [-0.15, -0.1) is 0 Å². The summed E-state index contributed by atoms with van der Waals surface area (Å²) in [5, 5.41) is 3.32. The molecule has 0 aliphatic carbocycles. The number of nitrogens with one attached hydrogen (secondary N) is 1. The van der Waals surface area contributed by atoms with Crippen molar-refractivity contribution in [3.05, 3.63) is 54.0 Å². The van der Waals surface area contributed by atoms with Crippen LogP contribution < -0.4 is 10.1 Å². The molecule has 102 valence electrons. The molecule has 0 aliphatic heterocycles. The summed E-state index contributed by atoms with van der Waals surface area (Å²) in [5.74, 6) is 1.47. The highest BCUT2D eigenvalue weighted by molar-refractivity contribution is 5.35. The first kappa shape index (κ1) is 13.7. The normalized spacial score (nSPS) is 10.9. The van der Waals surface area contributed by atoms with Gasteiger partial charge in [0.05, 0.1) is 12.5 Å². The largest absolute Gasteiger partial charge is 0.492 e. The van der Waals surface area contributed by atoms with Crippen LogP contribution >= 0.6 is 0 Å². The van der Waals surface area contributed by atoms with E-state index in [0.717, 1.165) is 24.4 Å². The lowest BCUT2D eigenvalue weighted by atomic mass is 10.0. The van der Waals surface area contributed by atoms with E-state index in [-0.39, 0.29) is 0 Å². The minimum absolute atomic E-state index is 0.482. The Morgan fingerprint density at radius 3 is 2.79 bits per heavy atom. The Kier molecular flexibility index (Phi) is 5.04. The van der Waals surface area contributed by atoms with Crippen molar-refractivity contribution in [2.45, 2.75) is 26.3 Å². The maximum atomic E-state index is 5.83. The van der Waals surface area contributed by atoms with E-state index in [1.807, 2.05) is 18.2 Å². The molecule has 0 bridgehead atoms. The molecule has 0 aliphatic rings. The third-order valence-corrected chi connectivity index (χ3v) is 2.99. The molecule has 0 saturated carbocycles. The van der Waals surface area contributed by atoms with Crippen molar-refractivity contribution in [2.75, 3.05) is 13.2 Å². The van der Waals surface area contributed by atoms with Crippen LogP contribution in [0.3, 0.4) is 0 Å². The minimum Gasteiger partial charge on any atom is -0.492 e. The van der Waals surface area contributed by atoms with Crippen LogP contribution in [0.15, 0.2) is 47.3 Å². The van der Waals surface area contributed by atoms with Crippen molar-refractivity contribution in [3.63, 3.8) is 0 Å². The van der Waals surface area contributed by atoms with Crippen LogP contribution in [0.2, 0.25) is 0 Å². The third kappa shape index (κ3) is 4.14. The van der Waals surface area contributed by atoms with Crippen molar-refractivity contribution < 1.29 is 9.15 Å². The quantitative estimate of drug-likeness (QED) is 0.772. The van der Waals surface area contributed by atoms with E-state index in [1.54, 1.807) is 12.5 Å². The zero-order chi connectivity index (χ0) is 13.5. The molecule has 0 radical (unpaired) electrons. The molecule has 0 saturated heterocycles. The Balaban J connectivity index is 1.73. The summed E-state index contributed by atoms with van der Waals surface area (Å²) in [7, 11) is 0. The minimum atomic E-state index is 0.482. The lowest BCUT2D eigenvalue weighted by Crippen LogP contribution is -2.20. The average Bonchev–Trinajstić information content (AvgIpc) is 2.92. The smallest absolute Gasteiger partial charge is 0.122 e. The van der Waals surface area contributed by atoms with Crippen LogP contribution in [0.25, 0.3) is 0 Å². The number of furan rings is 1. The zero-order valence-electron chi connectivity index (χ0n) is 11.6. The van der Waals surface area contributed by atoms with Crippen LogP contribution in [-0.4, -0.2) is 13.2 Å². The number of rotatable bonds is 7. The summed E-state index contributed by atoms with van der Waals surface area (Å²) >= 11 is 0. The van der Waals surface area contributed by atoms with Crippen molar-refractivity contribution in [2.24, 2.45) is 0 Å². The lowest BCUT2D eigenvalue weighted by Gasteiger charge is -2.13. The molecule has 3 heteroatoms. The van der Waals surface area contributed by atoms with Gasteiger partial charge in [-0.25, -0.2) is 0 Å². The van der Waals surface area contributed by atoms with Crippen LogP contribution in [-0.2, 0) is 6.54 Å². The van der Waals surface area contributed by atoms with Crippen molar-refractivity contribution in [1.29, 1.82) is 0 Å². The first-order valence-electron chi connectivity index (χ1n) is 6.71. The Morgan fingerprint density at radius 2 is 2.05 bits per heavy atom. The van der Waals surface area contributed by atoms with Crippen molar-refractivity contribution in [3.8, 4) is 5.75 Å². The Bertz CT molecular complexity index is 477. The molecule has 1 N–H and O–H groups in total. The van der Waals surface area contributed by atoms with Crippen molar-refractivity contribution in [1.82, 2.24) is 5.32 Å². The van der Waals surface area contributed by atoms with Crippen LogP contribution in [0.1, 0.15) is 30.9 Å². The van der Waals surface area contributed by atoms with Crippen LogP contribution in [0.5, 0.6) is 5.75 Å². The second kappa shape index (κ2) is 7.00. The fourth-order valence-corrected chi connectivity index (χ4v) is 1.95. The van der Waals surface area contributed by atoms with Gasteiger partial charge in [0.15, 0.2) is 0 Å². The zero-order valence-corrected chi connectivity index (χ0v) is 11.6. The Hall–Kier alpha value is -1.74. The summed E-state index contributed by atoms with van der Waals surface area (Å²) in [6, 6.07) is 10.2. The maximum absolute atomic E-state index is 5.83. The molecule has 0 spiro atoms. The fraction of sp³-hybridized carbons (Fsp3) is 0.375. The van der Waals surface area contributed by atoms with Gasteiger partial charge in [0.25, 0.3) is 0 Å². The van der Waals surface area contributed by atoms with E-state index in [9.17, 15) is 0 Å². The van der Waals surface area contributed by atoms with Gasteiger partial charge in [-0.1, -0.05) is 32.0 Å². The number of ether oxygens (including phenoxy) is 1. The summed E-state index contributed by atoms with van der Waals surface area (Å²) < 4.78 is 10.8. The second-order valence-corrected chi connectivity index (χ2v) is 4.85. The summed E-state index contributed by atoms with van der Waals surface area (Å²) in [6.45, 7) is 6.66. The average molecular weight is 259 g/mol. The third-order valence-electron chi connectivity index (χ3n) is 2.99. The number of hydrogen-bond donors (Lipinski definition) is 1. The van der Waals surface area contributed by atoms with E-state index < -0.39 is 0 Å². The first-order valence-corrected chi connectivity index (χ1v) is 6.71. The molecule has 0 amide bonds. The summed E-state index contributed by atoms with van der Waals surface area (Å²) in [6.07, 6.45) is 3.44. The molecule has 0 fully saturated rings. The SMILES string of the molecule is CC(C)c1ccccc1OCCNCc1ccoc1. The van der Waals surface area contributed by atoms with Gasteiger partial charge in [0.2, 0.25) is 0 Å². The predicted molar refractivity (Wildman–Crippen MR) is 76.4 cm³/mol. The van der Waals surface area contributed by atoms with Gasteiger partial charge in [0, 0.05) is 18.7 Å². The maximum Gasteiger partial charge on any atom is 0.122 e. The fourth-order valence-electron chi connectivity index (χ4n) is 1.95. The lowest BCUT2D eigenvalue weighted by molar-refractivity contribution is 0.309. The standard InChI is InChI=1S/C16H21NO2/c1-13(2)15-5-3-4-6-16(15)19-10-8-17-11-14-7-9-18-12-14/h3-7,9,12-13,17H,8,10-11H2,1-2H3. The molecule has 3 nitrogen and oxygen atoms in total. The molecular formula is C16H21NO2. The number of para-hydroxylation sites is 1. The van der Waals surface area contributed by atoms with Gasteiger partial charge >= 0.3 is 0 Å². The van der Waals surface area contributed by atoms with E-state index >= 15 is 0 Å². The highest BCUT2D eigenvalue weighted by atomic mass is 16.5. The molecule has 2 rings (SSSR count). The molecule has 1 heterocycles. The number of hydrogen-bond acceptors (Lipinski definition) is 3. The van der Waals surface area contributed by atoms with Gasteiger partial charge in [-0.3, -0.25) is 0 Å². The van der Waals surface area contributed by atoms with Crippen molar-refractivity contribution >= 4 is 0 Å². The van der Waals surface area contributed by atoms with Gasteiger partial charge < -0.3 is 14.5 Å². The molecule has 1 aromatic carbocycles. The van der Waals surface area contributed by atoms with E-state index in [2.05, 4.69) is 31.3 Å². The monoisotopic (exact) mass is 259 g/mol. The predicted octanol–water partition coefficient (Wildman–Crippen LogP) is 3.57. The van der Waals surface area contributed by atoms with Crippen LogP contribution in [0.4, 0.5) is 0 Å². The van der Waals surface area contributed by atoms with E-state index in [1.165, 1.54) is 5.56 Å². The van der Waals surface area contributed by atoms with Gasteiger partial charge in [0.1, 0.15) is 12.4 Å². The molecule has 0 atom stereocenters. The van der Waals surface area contributed by atoms with E-state index in [4.69, 9.17) is 9.15 Å².